The molecule has 12 aliphatic rings. The first-order valence-electron chi connectivity index (χ1n) is 52.1. The number of rotatable bonds is 10. The molecule has 792 valence electrons. The van der Waals surface area contributed by atoms with Crippen molar-refractivity contribution in [2.75, 3.05) is 119 Å². The molecule has 6 aliphatic carbocycles. The Kier molecular flexibility index (Phi) is 31.6. The highest BCUT2D eigenvalue weighted by Crippen LogP contribution is 2.53. The van der Waals surface area contributed by atoms with E-state index in [2.05, 4.69) is 124 Å². The molecule has 0 radical (unpaired) electrons. The number of methoxy groups -OCH3 is 4. The number of ether oxygens (including phenoxy) is 7. The van der Waals surface area contributed by atoms with Crippen LogP contribution in [0.5, 0.6) is 34.9 Å². The van der Waals surface area contributed by atoms with E-state index in [0.717, 1.165) is 180 Å². The number of carbonyl (C=O) groups is 6. The zero-order valence-electron chi connectivity index (χ0n) is 86.2. The monoisotopic (exact) mass is 2150 g/mol. The number of nitrogens with zero attached hydrogens (tertiary/aromatic N) is 12. The summed E-state index contributed by atoms with van der Waals surface area (Å²) < 4.78 is 110. The Bertz CT molecular complexity index is 7170. The van der Waals surface area contributed by atoms with Crippen molar-refractivity contribution in [2.24, 2.45) is 87.5 Å². The van der Waals surface area contributed by atoms with Gasteiger partial charge in [0.2, 0.25) is 17.6 Å². The molecule has 149 heavy (non-hydrogen) atoms. The number of fused-ring (bicyclic) bond motifs is 12. The Morgan fingerprint density at radius 2 is 0.812 bits per heavy atom. The molecule has 3 spiro atoms. The second-order valence-corrected chi connectivity index (χ2v) is 50.4. The van der Waals surface area contributed by atoms with Gasteiger partial charge in [0.15, 0.2) is 0 Å². The number of benzene rings is 6. The first-order chi connectivity index (χ1) is 71.6. The number of halogens is 3. The van der Waals surface area contributed by atoms with Crippen molar-refractivity contribution >= 4 is 117 Å². The lowest BCUT2D eigenvalue weighted by Crippen LogP contribution is -2.49. The third kappa shape index (κ3) is 23.2. The summed E-state index contributed by atoms with van der Waals surface area (Å²) in [5.74, 6) is 0.728. The number of carbonyl (C=O) groups excluding carboxylic acids is 6. The van der Waals surface area contributed by atoms with Crippen LogP contribution in [0.25, 0.3) is 0 Å². The fourth-order valence-corrected chi connectivity index (χ4v) is 30.6. The zero-order chi connectivity index (χ0) is 105. The second-order valence-electron chi connectivity index (χ2n) is 43.1. The van der Waals surface area contributed by atoms with Crippen molar-refractivity contribution in [3.8, 4) is 34.9 Å². The van der Waals surface area contributed by atoms with Crippen LogP contribution in [0.2, 0.25) is 15.1 Å². The van der Waals surface area contributed by atoms with E-state index in [1.54, 1.807) is 46.5 Å². The Morgan fingerprint density at radius 3 is 1.20 bits per heavy atom. The molecule has 3 unspecified atom stereocenters. The number of hydrogen-bond acceptors (Lipinski definition) is 22. The third-order valence-electron chi connectivity index (χ3n) is 32.4. The molecule has 6 aliphatic heterocycles. The van der Waals surface area contributed by atoms with Crippen molar-refractivity contribution in [1.29, 1.82) is 0 Å². The van der Waals surface area contributed by atoms with Crippen LogP contribution in [0.4, 0.5) is 17.1 Å². The minimum Gasteiger partial charge on any atom is -0.490 e. The summed E-state index contributed by atoms with van der Waals surface area (Å²) in [6.45, 7) is 12.0. The van der Waals surface area contributed by atoms with Gasteiger partial charge in [-0.05, 0) is 306 Å². The molecule has 0 saturated heterocycles. The number of aryl methyl sites for hydroxylation is 6. The molecule has 6 aromatic carbocycles. The Balaban J connectivity index is 0.000000140. The molecule has 3 N–H and O–H groups in total. The van der Waals surface area contributed by atoms with E-state index in [4.69, 9.17) is 68.0 Å². The maximum atomic E-state index is 14.6. The van der Waals surface area contributed by atoms with Gasteiger partial charge in [-0.15, -0.1) is 28.4 Å². The summed E-state index contributed by atoms with van der Waals surface area (Å²) in [5, 5.41) is 14.7. The minimum atomic E-state index is -3.61. The molecule has 6 amide bonds. The highest BCUT2D eigenvalue weighted by Gasteiger charge is 2.49. The molecule has 9 heterocycles. The first-order valence-corrected chi connectivity index (χ1v) is 58.3. The van der Waals surface area contributed by atoms with E-state index in [1.807, 2.05) is 81.4 Å². The van der Waals surface area contributed by atoms with Crippen molar-refractivity contribution in [3.05, 3.63) is 246 Å². The predicted molar refractivity (Wildman–Crippen MR) is 579 cm³/mol. The maximum absolute atomic E-state index is 14.6. The number of amides is 6. The fourth-order valence-electron chi connectivity index (χ4n) is 24.4. The van der Waals surface area contributed by atoms with Gasteiger partial charge in [-0.3, -0.25) is 57.0 Å². The molecule has 3 aromatic heterocycles. The molecular formula is C112H134Cl3N15O16S3. The van der Waals surface area contributed by atoms with Gasteiger partial charge in [0.1, 0.15) is 63.7 Å². The van der Waals surface area contributed by atoms with Crippen LogP contribution in [0.3, 0.4) is 0 Å². The average molecular weight is 2150 g/mol. The van der Waals surface area contributed by atoms with Gasteiger partial charge in [0, 0.05) is 134 Å². The van der Waals surface area contributed by atoms with Gasteiger partial charge in [0.25, 0.3) is 35.4 Å². The van der Waals surface area contributed by atoms with Crippen LogP contribution < -0.4 is 57.3 Å². The molecule has 3 saturated carbocycles. The Hall–Kier alpha value is -11.5. The normalized spacial score (nSPS) is 29.2. The van der Waals surface area contributed by atoms with Crippen LogP contribution >= 0.6 is 34.8 Å². The van der Waals surface area contributed by atoms with Crippen molar-refractivity contribution in [1.82, 2.24) is 43.5 Å². The highest BCUT2D eigenvalue weighted by atomic mass is 35.5. The summed E-state index contributed by atoms with van der Waals surface area (Å²) in [6, 6.07) is 34.7. The highest BCUT2D eigenvalue weighted by molar-refractivity contribution is 7.93. The number of aromatic nitrogens is 6. The van der Waals surface area contributed by atoms with Crippen LogP contribution in [-0.4, -0.2) is 188 Å². The number of nitrogens with one attached hydrogen (secondary N) is 3. The first kappa shape index (κ1) is 106. The number of hydrogen-bond donors (Lipinski definition) is 3. The molecule has 9 aromatic rings. The summed E-state index contributed by atoms with van der Waals surface area (Å²) in [6.07, 6.45) is 37.2. The van der Waals surface area contributed by atoms with Crippen LogP contribution in [-0.2, 0) is 91.1 Å². The molecular weight excluding hydrogens is 2010 g/mol. The lowest BCUT2D eigenvalue weighted by atomic mass is 9.68. The molecule has 6 bridgehead atoms. The zero-order valence-corrected chi connectivity index (χ0v) is 91.0. The third-order valence-corrected chi connectivity index (χ3v) is 39.0. The van der Waals surface area contributed by atoms with E-state index in [1.165, 1.54) is 93.8 Å². The van der Waals surface area contributed by atoms with Crippen LogP contribution in [0.1, 0.15) is 225 Å². The van der Waals surface area contributed by atoms with Gasteiger partial charge in [-0.25, -0.2) is 12.6 Å². The van der Waals surface area contributed by atoms with Crippen molar-refractivity contribution < 1.29 is 74.6 Å². The summed E-state index contributed by atoms with van der Waals surface area (Å²) >= 11 is 19.3. The van der Waals surface area contributed by atoms with E-state index >= 15 is 0 Å². The predicted octanol–water partition coefficient (Wildman–Crippen LogP) is 19.2. The SMILES string of the molecule is COc1nn(C)cc1C(=O)NS1(=O)=NC(=O)c2ccc3c(c2)N(C[C@@H]2CC[C@H]2/C=C/CC[C@H](C)C1)C[C@@]1(CCCc2cc(Cl)ccc21)CO3.COc1nn(C)cc1C(=O)NS1(=O)=NC(=O)c2ccc3c(c2)N(C[C@@H]2CC[C@H]2C/C=C/C[C@H](C)C1)C[C@@]1(CCCc2cc(Cl)ccc21)CO3.COc1nn(C)cc1C(=O)NS1(=O)=NC(=O)c2ccc3c(c2)N(C[C@@H]2CC[C@H]2[C@@H](OC)C/C=C\[C@H](C)C1)C[C@@]1(CCCc2cc(Cl)ccc21)CO3. The largest absolute Gasteiger partial charge is 0.490 e. The van der Waals surface area contributed by atoms with Gasteiger partial charge in [0.05, 0.1) is 81.6 Å². The van der Waals surface area contributed by atoms with Gasteiger partial charge >= 0.3 is 0 Å². The number of allylic oxidation sites excluding steroid dienone is 5. The van der Waals surface area contributed by atoms with E-state index in [9.17, 15) is 41.4 Å². The smallest absolute Gasteiger partial charge is 0.286 e. The quantitative estimate of drug-likeness (QED) is 0.107. The average Bonchev–Trinajstić information content (AvgIpc) is 1.73. The standard InChI is InChI=1S/C38H46ClN5O6S.2C37H44ClN5O5S/c1-24-7-5-9-33(48-3)29-13-10-27(29)19-44-22-38(16-6-8-25-17-28(39)12-14-31(25)38)23-50-34-15-11-26(18-32(34)44)35(45)41-51(47,21-24)42-36(46)30-20-43(2)40-37(30)49-4;2*1-24-7-4-5-8-25-10-11-28(25)19-43-22-37(16-6-9-26-17-29(38)13-14-31(26)37)23-48-33-15-12-27(18-32(33)43)34(44)40-49(46,21-24)41-35(45)30-20-42(2)39-36(30)47-3/h5,7,11-12,14-15,17-18,20,24,27,29,33H,6,8-10,13,16,19,21-23H2,1-4H3,(H,41,42,45,46,47);5,8,12-15,17-18,20,24-25,28H,4,6-7,9-11,16,19,21-23H2,1-3H3,(H,40,41,44,45,46);4-5,12-15,17-18,20,24-25,28H,6-11,16,19,21-23H2,1-3H3,(H,40,41,44,45,46)/b7-5-;8-5+;5-4+/t24-,27-,29+,33-,38-,51?;2*24-,25+,28-,37-,49?/m000/s1. The van der Waals surface area contributed by atoms with Crippen molar-refractivity contribution in [3.63, 3.8) is 0 Å². The Labute approximate surface area is 888 Å². The lowest BCUT2D eigenvalue weighted by Gasteiger charge is -2.46. The lowest BCUT2D eigenvalue weighted by molar-refractivity contribution is -0.0141. The van der Waals surface area contributed by atoms with Gasteiger partial charge in [-0.1, -0.05) is 110 Å². The van der Waals surface area contributed by atoms with E-state index in [0.29, 0.717) is 97.3 Å². The Morgan fingerprint density at radius 1 is 0.423 bits per heavy atom. The summed E-state index contributed by atoms with van der Waals surface area (Å²) in [7, 11) is 0.293. The topological polar surface area (TPSA) is 355 Å². The van der Waals surface area contributed by atoms with Gasteiger partial charge < -0.3 is 47.9 Å². The maximum Gasteiger partial charge on any atom is 0.286 e. The van der Waals surface area contributed by atoms with E-state index < -0.39 is 65.2 Å². The molecule has 3 fully saturated rings. The molecule has 37 heteroatoms. The fraction of sp³-hybridized carbons (Fsp3) is 0.491. The molecule has 31 nitrogen and oxygen atoms in total. The molecule has 21 rings (SSSR count). The summed E-state index contributed by atoms with van der Waals surface area (Å²) in [4.78, 5) is 89.4. The second kappa shape index (κ2) is 44.4. The van der Waals surface area contributed by atoms with Crippen molar-refractivity contribution in [2.45, 2.75) is 172 Å². The minimum absolute atomic E-state index is 0.00950. The van der Waals surface area contributed by atoms with Gasteiger partial charge in [-0.2, -0.15) is 0 Å². The molecule has 16 atom stereocenters. The van der Waals surface area contributed by atoms with Crippen LogP contribution in [0.15, 0.2) is 177 Å². The summed E-state index contributed by atoms with van der Waals surface area (Å²) in [5.41, 5.74) is 10.6. The van der Waals surface area contributed by atoms with Crippen LogP contribution in [0, 0.1) is 53.3 Å². The van der Waals surface area contributed by atoms with E-state index in [-0.39, 0.29) is 97.3 Å². The number of anilines is 3.